The van der Waals surface area contributed by atoms with Crippen molar-refractivity contribution in [2.24, 2.45) is 5.10 Å². The maximum Gasteiger partial charge on any atom is 0.320 e. The van der Waals surface area contributed by atoms with E-state index in [0.29, 0.717) is 11.3 Å². The van der Waals surface area contributed by atoms with Crippen LogP contribution in [-0.4, -0.2) is 31.2 Å². The summed E-state index contributed by atoms with van der Waals surface area (Å²) in [5.41, 5.74) is 3.10. The molecule has 0 bridgehead atoms. The van der Waals surface area contributed by atoms with E-state index in [1.165, 1.54) is 35.1 Å². The molecule has 0 atom stereocenters. The number of hydrazone groups is 1. The number of aromatic nitrogens is 2. The van der Waals surface area contributed by atoms with E-state index in [1.54, 1.807) is 6.92 Å². The highest BCUT2D eigenvalue weighted by Crippen LogP contribution is 2.19. The van der Waals surface area contributed by atoms with Crippen molar-refractivity contribution in [3.63, 3.8) is 0 Å². The van der Waals surface area contributed by atoms with E-state index in [9.17, 15) is 25.0 Å². The van der Waals surface area contributed by atoms with Crippen molar-refractivity contribution in [2.75, 3.05) is 0 Å². The SMILES string of the molecule is C/C(=N/NC(=O)c1nn(Cc2ccc(Br)cc2)cc1[N+](=O)[O-])c1ccc([N+](=O)[O-])cc1. The van der Waals surface area contributed by atoms with Gasteiger partial charge in [-0.1, -0.05) is 28.1 Å². The van der Waals surface area contributed by atoms with Gasteiger partial charge in [0.1, 0.15) is 6.20 Å². The number of non-ortho nitro benzene ring substituents is 1. The van der Waals surface area contributed by atoms with Crippen LogP contribution in [0.25, 0.3) is 0 Å². The Kier molecular flexibility index (Phi) is 6.50. The Morgan fingerprint density at radius 2 is 1.74 bits per heavy atom. The Bertz CT molecular complexity index is 1170. The zero-order chi connectivity index (χ0) is 22.5. The van der Waals surface area contributed by atoms with Crippen molar-refractivity contribution in [3.8, 4) is 0 Å². The summed E-state index contributed by atoms with van der Waals surface area (Å²) >= 11 is 3.33. The molecule has 158 valence electrons. The van der Waals surface area contributed by atoms with Crippen molar-refractivity contribution >= 4 is 38.9 Å². The zero-order valence-corrected chi connectivity index (χ0v) is 17.6. The van der Waals surface area contributed by atoms with Gasteiger partial charge in [-0.05, 0) is 42.3 Å². The summed E-state index contributed by atoms with van der Waals surface area (Å²) < 4.78 is 2.20. The van der Waals surface area contributed by atoms with Gasteiger partial charge in [-0.25, -0.2) is 5.43 Å². The summed E-state index contributed by atoms with van der Waals surface area (Å²) in [5, 5.41) is 30.0. The Hall–Kier alpha value is -3.93. The van der Waals surface area contributed by atoms with Crippen LogP contribution in [0.15, 0.2) is 64.3 Å². The van der Waals surface area contributed by atoms with Crippen LogP contribution in [0.5, 0.6) is 0 Å². The second-order valence-corrected chi connectivity index (χ2v) is 7.30. The van der Waals surface area contributed by atoms with Crippen molar-refractivity contribution in [3.05, 3.63) is 96.2 Å². The third-order valence-electron chi connectivity index (χ3n) is 4.23. The molecule has 0 aliphatic carbocycles. The van der Waals surface area contributed by atoms with E-state index >= 15 is 0 Å². The highest BCUT2D eigenvalue weighted by molar-refractivity contribution is 9.10. The maximum absolute atomic E-state index is 12.5. The summed E-state index contributed by atoms with van der Waals surface area (Å²) in [6, 6.07) is 12.9. The fraction of sp³-hybridized carbons (Fsp3) is 0.105. The van der Waals surface area contributed by atoms with E-state index < -0.39 is 21.4 Å². The molecular formula is C19H15BrN6O5. The molecule has 0 aliphatic heterocycles. The van der Waals surface area contributed by atoms with Gasteiger partial charge in [0.25, 0.3) is 11.6 Å². The smallest absolute Gasteiger partial charge is 0.265 e. The van der Waals surface area contributed by atoms with E-state index in [-0.39, 0.29) is 17.9 Å². The minimum absolute atomic E-state index is 0.0764. The third-order valence-corrected chi connectivity index (χ3v) is 4.76. The number of nitrogens with one attached hydrogen (secondary N) is 1. The molecule has 0 fully saturated rings. The van der Waals surface area contributed by atoms with Crippen LogP contribution in [0.3, 0.4) is 0 Å². The molecular weight excluding hydrogens is 472 g/mol. The predicted octanol–water partition coefficient (Wildman–Crippen LogP) is 3.66. The second kappa shape index (κ2) is 9.26. The van der Waals surface area contributed by atoms with Crippen molar-refractivity contribution in [1.29, 1.82) is 0 Å². The number of nitro groups is 2. The lowest BCUT2D eigenvalue weighted by molar-refractivity contribution is -0.385. The lowest BCUT2D eigenvalue weighted by Crippen LogP contribution is -2.21. The number of nitrogens with zero attached hydrogens (tertiary/aromatic N) is 5. The van der Waals surface area contributed by atoms with Crippen LogP contribution in [0, 0.1) is 20.2 Å². The largest absolute Gasteiger partial charge is 0.320 e. The molecule has 3 aromatic rings. The van der Waals surface area contributed by atoms with Gasteiger partial charge in [-0.3, -0.25) is 29.7 Å². The van der Waals surface area contributed by atoms with Gasteiger partial charge >= 0.3 is 5.69 Å². The quantitative estimate of drug-likeness (QED) is 0.306. The molecule has 1 N–H and O–H groups in total. The van der Waals surface area contributed by atoms with Gasteiger partial charge in [-0.15, -0.1) is 0 Å². The predicted molar refractivity (Wildman–Crippen MR) is 115 cm³/mol. The van der Waals surface area contributed by atoms with Gasteiger partial charge in [0.2, 0.25) is 5.69 Å². The number of carbonyl (C=O) groups excluding carboxylic acids is 1. The first-order chi connectivity index (χ1) is 14.7. The first kappa shape index (κ1) is 21.8. The number of amides is 1. The minimum atomic E-state index is -0.845. The van der Waals surface area contributed by atoms with Crippen molar-refractivity contribution in [2.45, 2.75) is 13.5 Å². The molecule has 0 saturated heterocycles. The molecule has 1 aromatic heterocycles. The van der Waals surface area contributed by atoms with E-state index in [4.69, 9.17) is 0 Å². The minimum Gasteiger partial charge on any atom is -0.265 e. The fourth-order valence-electron chi connectivity index (χ4n) is 2.64. The van der Waals surface area contributed by atoms with Gasteiger partial charge in [-0.2, -0.15) is 10.2 Å². The summed E-state index contributed by atoms with van der Waals surface area (Å²) in [6.07, 6.45) is 1.18. The van der Waals surface area contributed by atoms with Crippen molar-refractivity contribution < 1.29 is 14.6 Å². The van der Waals surface area contributed by atoms with Crippen LogP contribution in [0.1, 0.15) is 28.5 Å². The Balaban J connectivity index is 1.77. The number of rotatable bonds is 7. The molecule has 12 heteroatoms. The summed E-state index contributed by atoms with van der Waals surface area (Å²) in [6.45, 7) is 1.83. The molecule has 0 saturated carbocycles. The van der Waals surface area contributed by atoms with Crippen LogP contribution >= 0.6 is 15.9 Å². The summed E-state index contributed by atoms with van der Waals surface area (Å²) in [5.74, 6) is -0.845. The lowest BCUT2D eigenvalue weighted by atomic mass is 10.1. The number of hydrogen-bond donors (Lipinski definition) is 1. The standard InChI is InChI=1S/C19H15BrN6O5/c1-12(14-4-8-16(9-5-14)25(28)29)21-22-19(27)18-17(26(30)31)11-24(23-18)10-13-2-6-15(20)7-3-13/h2-9,11H,10H2,1H3,(H,22,27)/b21-12-. The Labute approximate surface area is 183 Å². The molecule has 31 heavy (non-hydrogen) atoms. The molecule has 0 aliphatic rings. The molecule has 0 spiro atoms. The average Bonchev–Trinajstić information content (AvgIpc) is 3.18. The van der Waals surface area contributed by atoms with E-state index in [1.807, 2.05) is 24.3 Å². The first-order valence-electron chi connectivity index (χ1n) is 8.80. The molecule has 0 radical (unpaired) electrons. The topological polar surface area (TPSA) is 146 Å². The summed E-state index contributed by atoms with van der Waals surface area (Å²) in [4.78, 5) is 33.3. The number of benzene rings is 2. The van der Waals surface area contributed by atoms with Gasteiger partial charge in [0, 0.05) is 16.6 Å². The number of carbonyl (C=O) groups is 1. The third kappa shape index (κ3) is 5.36. The fourth-order valence-corrected chi connectivity index (χ4v) is 2.90. The average molecular weight is 487 g/mol. The molecule has 1 heterocycles. The van der Waals surface area contributed by atoms with E-state index in [2.05, 4.69) is 31.6 Å². The molecule has 1 amide bonds. The van der Waals surface area contributed by atoms with Gasteiger partial charge in [0.15, 0.2) is 0 Å². The van der Waals surface area contributed by atoms with Crippen LogP contribution in [0.4, 0.5) is 11.4 Å². The first-order valence-corrected chi connectivity index (χ1v) is 9.59. The Morgan fingerprint density at radius 1 is 1.10 bits per heavy atom. The normalized spacial score (nSPS) is 11.2. The lowest BCUT2D eigenvalue weighted by Gasteiger charge is -2.02. The maximum atomic E-state index is 12.5. The van der Waals surface area contributed by atoms with Crippen LogP contribution < -0.4 is 5.43 Å². The number of halogens is 1. The number of nitro benzene ring substituents is 1. The zero-order valence-electron chi connectivity index (χ0n) is 16.1. The molecule has 0 unspecified atom stereocenters. The molecule has 11 nitrogen and oxygen atoms in total. The van der Waals surface area contributed by atoms with Crippen LogP contribution in [-0.2, 0) is 6.54 Å². The number of hydrogen-bond acceptors (Lipinski definition) is 7. The second-order valence-electron chi connectivity index (χ2n) is 6.39. The van der Waals surface area contributed by atoms with Crippen molar-refractivity contribution in [1.82, 2.24) is 15.2 Å². The summed E-state index contributed by atoms with van der Waals surface area (Å²) in [7, 11) is 0. The van der Waals surface area contributed by atoms with Crippen LogP contribution in [0.2, 0.25) is 0 Å². The molecule has 2 aromatic carbocycles. The van der Waals surface area contributed by atoms with Gasteiger partial charge < -0.3 is 0 Å². The van der Waals surface area contributed by atoms with Gasteiger partial charge in [0.05, 0.1) is 22.1 Å². The highest BCUT2D eigenvalue weighted by Gasteiger charge is 2.25. The van der Waals surface area contributed by atoms with E-state index in [0.717, 1.165) is 10.0 Å². The molecule has 3 rings (SSSR count). The highest BCUT2D eigenvalue weighted by atomic mass is 79.9. The Morgan fingerprint density at radius 3 is 2.32 bits per heavy atom. The monoisotopic (exact) mass is 486 g/mol.